The van der Waals surface area contributed by atoms with Crippen LogP contribution in [0.25, 0.3) is 0 Å². The van der Waals surface area contributed by atoms with Gasteiger partial charge in [0.05, 0.1) is 25.9 Å². The van der Waals surface area contributed by atoms with Gasteiger partial charge in [-0.05, 0) is 6.42 Å². The Kier molecular flexibility index (Phi) is 5.88. The molecule has 0 bridgehead atoms. The molecule has 0 N–H and O–H groups in total. The molecule has 0 aliphatic carbocycles. The van der Waals surface area contributed by atoms with E-state index in [2.05, 4.69) is 6.92 Å². The predicted molar refractivity (Wildman–Crippen MR) is 61.4 cm³/mol. The Morgan fingerprint density at radius 1 is 1.38 bits per heavy atom. The normalized spacial score (nSPS) is 22.1. The Labute approximate surface area is 98.3 Å². The van der Waals surface area contributed by atoms with Crippen LogP contribution >= 0.6 is 0 Å². The van der Waals surface area contributed by atoms with Crippen molar-refractivity contribution < 1.29 is 22.8 Å². The van der Waals surface area contributed by atoms with Crippen molar-refractivity contribution in [2.75, 3.05) is 34.0 Å². The zero-order chi connectivity index (χ0) is 12.0. The number of hydrogen-bond acceptors (Lipinski definition) is 5. The second-order valence-electron chi connectivity index (χ2n) is 3.90. The molecule has 5 nitrogen and oxygen atoms in total. The van der Waals surface area contributed by atoms with E-state index in [1.807, 2.05) is 6.55 Å². The number of ether oxygens (including phenoxy) is 2. The highest BCUT2D eigenvalue weighted by molar-refractivity contribution is 6.59. The molecule has 16 heavy (non-hydrogen) atoms. The van der Waals surface area contributed by atoms with E-state index in [-0.39, 0.29) is 6.10 Å². The van der Waals surface area contributed by atoms with E-state index in [0.29, 0.717) is 19.3 Å². The van der Waals surface area contributed by atoms with Gasteiger partial charge < -0.3 is 22.8 Å². The smallest absolute Gasteiger partial charge is 0.377 e. The van der Waals surface area contributed by atoms with Crippen molar-refractivity contribution in [2.45, 2.75) is 32.1 Å². The van der Waals surface area contributed by atoms with E-state index >= 15 is 0 Å². The van der Waals surface area contributed by atoms with Crippen LogP contribution in [0.5, 0.6) is 0 Å². The maximum Gasteiger partial charge on any atom is 0.497 e. The van der Waals surface area contributed by atoms with Crippen LogP contribution in [0.1, 0.15) is 13.3 Å². The number of rotatable bonds is 9. The van der Waals surface area contributed by atoms with Crippen LogP contribution in [0.15, 0.2) is 0 Å². The Morgan fingerprint density at radius 2 is 2.00 bits per heavy atom. The molecule has 1 heterocycles. The molecule has 0 spiro atoms. The monoisotopic (exact) mass is 250 g/mol. The van der Waals surface area contributed by atoms with Crippen LogP contribution in [-0.2, 0) is 22.8 Å². The Bertz CT molecular complexity index is 194. The summed E-state index contributed by atoms with van der Waals surface area (Å²) in [5.74, 6) is 0. The average Bonchev–Trinajstić information content (AvgIpc) is 3.13. The van der Waals surface area contributed by atoms with Gasteiger partial charge in [0.1, 0.15) is 6.10 Å². The molecule has 1 fully saturated rings. The van der Waals surface area contributed by atoms with Crippen molar-refractivity contribution in [1.82, 2.24) is 0 Å². The molecule has 1 rings (SSSR count). The molecular weight excluding hydrogens is 228 g/mol. The van der Waals surface area contributed by atoms with Crippen LogP contribution < -0.4 is 0 Å². The Balaban J connectivity index is 2.20. The molecule has 0 aromatic heterocycles. The third-order valence-electron chi connectivity index (χ3n) is 2.65. The third kappa shape index (κ3) is 4.90. The highest BCUT2D eigenvalue weighted by Gasteiger charge is 2.33. The summed E-state index contributed by atoms with van der Waals surface area (Å²) in [7, 11) is 0.785. The van der Waals surface area contributed by atoms with Gasteiger partial charge in [-0.1, -0.05) is 6.92 Å². The molecule has 0 amide bonds. The SMILES string of the molecule is CCC(CO[Si](C)(OC)OC)OCC1CO1. The zero-order valence-corrected chi connectivity index (χ0v) is 11.5. The maximum absolute atomic E-state index is 5.66. The lowest BCUT2D eigenvalue weighted by molar-refractivity contribution is -0.0112. The van der Waals surface area contributed by atoms with Crippen LogP contribution in [0.3, 0.4) is 0 Å². The van der Waals surface area contributed by atoms with E-state index < -0.39 is 8.80 Å². The van der Waals surface area contributed by atoms with Crippen molar-refractivity contribution in [2.24, 2.45) is 0 Å². The van der Waals surface area contributed by atoms with E-state index in [1.54, 1.807) is 14.2 Å². The molecule has 0 saturated carbocycles. The van der Waals surface area contributed by atoms with Gasteiger partial charge in [-0.15, -0.1) is 0 Å². The summed E-state index contributed by atoms with van der Waals surface area (Å²) in [5, 5.41) is 0. The van der Waals surface area contributed by atoms with Crippen LogP contribution in [-0.4, -0.2) is 55.1 Å². The van der Waals surface area contributed by atoms with Gasteiger partial charge >= 0.3 is 8.80 Å². The van der Waals surface area contributed by atoms with Crippen molar-refractivity contribution >= 4 is 8.80 Å². The van der Waals surface area contributed by atoms with Crippen molar-refractivity contribution in [3.63, 3.8) is 0 Å². The summed E-state index contributed by atoms with van der Waals surface area (Å²) >= 11 is 0. The van der Waals surface area contributed by atoms with E-state index in [0.717, 1.165) is 13.0 Å². The minimum absolute atomic E-state index is 0.0846. The van der Waals surface area contributed by atoms with Crippen molar-refractivity contribution in [3.05, 3.63) is 0 Å². The molecule has 96 valence electrons. The molecule has 0 radical (unpaired) electrons. The molecule has 0 aromatic rings. The molecule has 1 aliphatic heterocycles. The van der Waals surface area contributed by atoms with Gasteiger partial charge in [-0.25, -0.2) is 0 Å². The number of epoxide rings is 1. The van der Waals surface area contributed by atoms with Crippen molar-refractivity contribution in [1.29, 1.82) is 0 Å². The maximum atomic E-state index is 5.66. The highest BCUT2D eigenvalue weighted by atomic mass is 28.4. The lowest BCUT2D eigenvalue weighted by atomic mass is 10.3. The summed E-state index contributed by atoms with van der Waals surface area (Å²) in [6.45, 7) is 5.91. The molecule has 1 aliphatic rings. The molecule has 2 unspecified atom stereocenters. The number of hydrogen-bond donors (Lipinski definition) is 0. The average molecular weight is 250 g/mol. The van der Waals surface area contributed by atoms with Crippen molar-refractivity contribution in [3.8, 4) is 0 Å². The predicted octanol–water partition coefficient (Wildman–Crippen LogP) is 1.06. The molecule has 6 heteroatoms. The first-order chi connectivity index (χ1) is 7.63. The largest absolute Gasteiger partial charge is 0.497 e. The lowest BCUT2D eigenvalue weighted by Gasteiger charge is -2.25. The van der Waals surface area contributed by atoms with E-state index in [1.165, 1.54) is 0 Å². The van der Waals surface area contributed by atoms with Crippen LogP contribution in [0.4, 0.5) is 0 Å². The molecular formula is C10H22O5Si. The van der Waals surface area contributed by atoms with E-state index in [9.17, 15) is 0 Å². The fourth-order valence-electron chi connectivity index (χ4n) is 1.14. The minimum atomic E-state index is -2.43. The van der Waals surface area contributed by atoms with Crippen LogP contribution in [0.2, 0.25) is 6.55 Å². The van der Waals surface area contributed by atoms with Crippen LogP contribution in [0, 0.1) is 0 Å². The highest BCUT2D eigenvalue weighted by Crippen LogP contribution is 2.13. The van der Waals surface area contributed by atoms with Gasteiger partial charge in [-0.3, -0.25) is 0 Å². The first kappa shape index (κ1) is 14.1. The molecule has 0 aromatic carbocycles. The summed E-state index contributed by atoms with van der Waals surface area (Å²) < 4.78 is 26.9. The fraction of sp³-hybridized carbons (Fsp3) is 1.00. The molecule has 1 saturated heterocycles. The Hall–Kier alpha value is 0.0169. The fourth-order valence-corrected chi connectivity index (χ4v) is 2.03. The third-order valence-corrected chi connectivity index (χ3v) is 4.82. The lowest BCUT2D eigenvalue weighted by Crippen LogP contribution is -2.42. The summed E-state index contributed by atoms with van der Waals surface area (Å²) in [6.07, 6.45) is 1.29. The van der Waals surface area contributed by atoms with Gasteiger partial charge in [0.25, 0.3) is 0 Å². The summed E-state index contributed by atoms with van der Waals surface area (Å²) in [6, 6.07) is 0. The quantitative estimate of drug-likeness (QED) is 0.452. The van der Waals surface area contributed by atoms with Gasteiger partial charge in [0.2, 0.25) is 0 Å². The van der Waals surface area contributed by atoms with Gasteiger partial charge in [0.15, 0.2) is 0 Å². The Morgan fingerprint density at radius 3 is 2.44 bits per heavy atom. The minimum Gasteiger partial charge on any atom is -0.377 e. The standard InChI is InChI=1S/C10H22O5Si/c1-5-9(13-6-10-7-14-10)8-15-16(4,11-2)12-3/h9-10H,5-8H2,1-4H3. The van der Waals surface area contributed by atoms with E-state index in [4.69, 9.17) is 22.8 Å². The second kappa shape index (κ2) is 6.68. The topological polar surface area (TPSA) is 49.5 Å². The first-order valence-electron chi connectivity index (χ1n) is 5.61. The first-order valence-corrected chi connectivity index (χ1v) is 7.83. The second-order valence-corrected chi connectivity index (χ2v) is 6.73. The molecule has 2 atom stereocenters. The summed E-state index contributed by atoms with van der Waals surface area (Å²) in [5.41, 5.74) is 0. The zero-order valence-electron chi connectivity index (χ0n) is 10.5. The van der Waals surface area contributed by atoms with Gasteiger partial charge in [-0.2, -0.15) is 0 Å². The summed E-state index contributed by atoms with van der Waals surface area (Å²) in [4.78, 5) is 0. The van der Waals surface area contributed by atoms with Gasteiger partial charge in [0, 0.05) is 20.8 Å².